The smallest absolute Gasteiger partial charge is 0.306 e. The van der Waals surface area contributed by atoms with Gasteiger partial charge in [-0.25, -0.2) is 0 Å². The van der Waals surface area contributed by atoms with E-state index in [9.17, 15) is 14.4 Å². The maximum atomic E-state index is 12.9. The zero-order chi connectivity index (χ0) is 56.4. The van der Waals surface area contributed by atoms with Crippen molar-refractivity contribution in [1.82, 2.24) is 0 Å². The first-order valence-corrected chi connectivity index (χ1v) is 34.6. The van der Waals surface area contributed by atoms with Crippen LogP contribution in [0.4, 0.5) is 0 Å². The first-order chi connectivity index (χ1) is 38.5. The molecule has 0 bridgehead atoms. The van der Waals surface area contributed by atoms with Crippen molar-refractivity contribution in [3.8, 4) is 0 Å². The zero-order valence-corrected chi connectivity index (χ0v) is 52.5. The molecule has 0 aromatic carbocycles. The number of carbonyl (C=O) groups is 3. The lowest BCUT2D eigenvalue weighted by molar-refractivity contribution is -0.167. The van der Waals surface area contributed by atoms with Crippen molar-refractivity contribution in [3.05, 3.63) is 48.6 Å². The van der Waals surface area contributed by atoms with Crippen molar-refractivity contribution in [2.24, 2.45) is 0 Å². The summed E-state index contributed by atoms with van der Waals surface area (Å²) in [5.74, 6) is -0.854. The second-order valence-corrected chi connectivity index (χ2v) is 23.4. The maximum absolute atomic E-state index is 12.9. The van der Waals surface area contributed by atoms with Gasteiger partial charge in [-0.1, -0.05) is 320 Å². The minimum absolute atomic E-state index is 0.0719. The van der Waals surface area contributed by atoms with Crippen LogP contribution in [0.5, 0.6) is 0 Å². The Balaban J connectivity index is 4.33. The molecular formula is C72H132O6. The summed E-state index contributed by atoms with van der Waals surface area (Å²) in [4.78, 5) is 38.5. The van der Waals surface area contributed by atoms with Gasteiger partial charge >= 0.3 is 17.9 Å². The highest BCUT2D eigenvalue weighted by molar-refractivity contribution is 5.71. The quantitative estimate of drug-likeness (QED) is 0.0261. The molecule has 6 heteroatoms. The van der Waals surface area contributed by atoms with E-state index in [4.69, 9.17) is 14.2 Å². The van der Waals surface area contributed by atoms with Gasteiger partial charge in [0.1, 0.15) is 13.2 Å². The van der Waals surface area contributed by atoms with Crippen LogP contribution in [0.25, 0.3) is 0 Å². The van der Waals surface area contributed by atoms with Crippen LogP contribution in [-0.4, -0.2) is 37.2 Å². The Labute approximate surface area is 486 Å². The Bertz CT molecular complexity index is 1350. The van der Waals surface area contributed by atoms with E-state index in [0.717, 1.165) is 70.6 Å². The van der Waals surface area contributed by atoms with Gasteiger partial charge in [0.25, 0.3) is 0 Å². The number of esters is 3. The second kappa shape index (κ2) is 66.9. The minimum atomic E-state index is -0.777. The normalized spacial score (nSPS) is 12.3. The van der Waals surface area contributed by atoms with E-state index in [0.29, 0.717) is 19.3 Å². The fourth-order valence-corrected chi connectivity index (χ4v) is 10.3. The van der Waals surface area contributed by atoms with Gasteiger partial charge in [0.05, 0.1) is 0 Å². The summed E-state index contributed by atoms with van der Waals surface area (Å²) in [5.41, 5.74) is 0. The predicted molar refractivity (Wildman–Crippen MR) is 339 cm³/mol. The van der Waals surface area contributed by atoms with E-state index in [1.54, 1.807) is 0 Å². The number of unbranched alkanes of at least 4 members (excludes halogenated alkanes) is 45. The van der Waals surface area contributed by atoms with Crippen molar-refractivity contribution in [2.45, 2.75) is 380 Å². The minimum Gasteiger partial charge on any atom is -0.462 e. The molecule has 0 heterocycles. The van der Waals surface area contributed by atoms with E-state index in [1.165, 1.54) is 263 Å². The number of hydrogen-bond donors (Lipinski definition) is 0. The van der Waals surface area contributed by atoms with Crippen LogP contribution in [0.15, 0.2) is 48.6 Å². The van der Waals surface area contributed by atoms with E-state index in [-0.39, 0.29) is 31.1 Å². The summed E-state index contributed by atoms with van der Waals surface area (Å²) in [5, 5.41) is 0. The Morgan fingerprint density at radius 2 is 0.462 bits per heavy atom. The van der Waals surface area contributed by atoms with Crippen LogP contribution in [0.1, 0.15) is 374 Å². The summed E-state index contributed by atoms with van der Waals surface area (Å²) >= 11 is 0. The number of allylic oxidation sites excluding steroid dienone is 8. The number of hydrogen-bond acceptors (Lipinski definition) is 6. The average molecular weight is 1090 g/mol. The largest absolute Gasteiger partial charge is 0.462 e. The molecule has 0 spiro atoms. The molecule has 0 fully saturated rings. The third-order valence-corrected chi connectivity index (χ3v) is 15.6. The summed E-state index contributed by atoms with van der Waals surface area (Å²) in [7, 11) is 0. The molecule has 0 aromatic heterocycles. The van der Waals surface area contributed by atoms with E-state index < -0.39 is 6.10 Å². The highest BCUT2D eigenvalue weighted by Crippen LogP contribution is 2.18. The molecule has 1 atom stereocenters. The lowest BCUT2D eigenvalue weighted by Crippen LogP contribution is -2.30. The van der Waals surface area contributed by atoms with E-state index in [2.05, 4.69) is 69.4 Å². The van der Waals surface area contributed by atoms with Gasteiger partial charge in [-0.05, 0) is 83.5 Å². The lowest BCUT2D eigenvalue weighted by atomic mass is 10.0. The molecule has 0 saturated carbocycles. The Kier molecular flexibility index (Phi) is 64.6. The van der Waals surface area contributed by atoms with E-state index in [1.807, 2.05) is 0 Å². The number of carbonyl (C=O) groups excluding carboxylic acids is 3. The number of rotatable bonds is 64. The highest BCUT2D eigenvalue weighted by Gasteiger charge is 2.19. The highest BCUT2D eigenvalue weighted by atomic mass is 16.6. The standard InChI is InChI=1S/C72H132O6/c1-4-7-10-13-16-19-22-25-28-31-34-35-36-39-41-44-47-50-53-56-59-62-65-71(74)77-68-69(78-72(75)66-63-60-57-54-51-48-45-42-38-33-30-27-24-21-18-15-12-9-6-3)67-76-70(73)64-61-58-55-52-49-46-43-40-37-32-29-26-23-20-17-14-11-8-5-2/h17-18,20-21,26-27,29-30,69H,4-16,19,22-25,28,31-68H2,1-3H3/b20-17-,21-18-,29-26-,30-27-. The number of ether oxygens (including phenoxy) is 3. The van der Waals surface area contributed by atoms with Gasteiger partial charge in [0, 0.05) is 19.3 Å². The molecule has 0 amide bonds. The Morgan fingerprint density at radius 3 is 0.731 bits per heavy atom. The van der Waals surface area contributed by atoms with Crippen molar-refractivity contribution >= 4 is 17.9 Å². The van der Waals surface area contributed by atoms with Crippen molar-refractivity contribution < 1.29 is 28.6 Å². The van der Waals surface area contributed by atoms with Crippen molar-refractivity contribution in [1.29, 1.82) is 0 Å². The first kappa shape index (κ1) is 75.4. The Hall–Kier alpha value is -2.63. The molecule has 0 rings (SSSR count). The summed E-state index contributed by atoms with van der Waals surface area (Å²) in [6, 6.07) is 0. The fourth-order valence-electron chi connectivity index (χ4n) is 10.3. The Morgan fingerprint density at radius 1 is 0.256 bits per heavy atom. The topological polar surface area (TPSA) is 78.9 Å². The molecule has 1 unspecified atom stereocenters. The van der Waals surface area contributed by atoms with Gasteiger partial charge in [0.2, 0.25) is 0 Å². The van der Waals surface area contributed by atoms with Gasteiger partial charge in [0.15, 0.2) is 6.10 Å². The zero-order valence-electron chi connectivity index (χ0n) is 52.5. The van der Waals surface area contributed by atoms with Crippen LogP contribution in [-0.2, 0) is 28.6 Å². The molecule has 78 heavy (non-hydrogen) atoms. The fraction of sp³-hybridized carbons (Fsp3) is 0.847. The molecule has 0 radical (unpaired) electrons. The molecule has 0 saturated heterocycles. The molecular weight excluding hydrogens is 961 g/mol. The second-order valence-electron chi connectivity index (χ2n) is 23.4. The van der Waals surface area contributed by atoms with Crippen LogP contribution in [0, 0.1) is 0 Å². The van der Waals surface area contributed by atoms with Gasteiger partial charge in [-0.3, -0.25) is 14.4 Å². The first-order valence-electron chi connectivity index (χ1n) is 34.6. The summed E-state index contributed by atoms with van der Waals surface area (Å²) < 4.78 is 17.0. The molecule has 456 valence electrons. The molecule has 0 N–H and O–H groups in total. The van der Waals surface area contributed by atoms with Crippen LogP contribution < -0.4 is 0 Å². The third-order valence-electron chi connectivity index (χ3n) is 15.6. The predicted octanol–water partition coefficient (Wildman–Crippen LogP) is 23.7. The monoisotopic (exact) mass is 1090 g/mol. The molecule has 0 aliphatic heterocycles. The maximum Gasteiger partial charge on any atom is 0.306 e. The van der Waals surface area contributed by atoms with Gasteiger partial charge < -0.3 is 14.2 Å². The SMILES string of the molecule is CCCCC/C=C\C/C=C\CCCCCCCCCCCC(=O)OCC(COC(=O)CCCCCCCCCCCCCCCCCCCCCCCC)OC(=O)CCCCCCCCCCC/C=C\C/C=C\CCCCC. The molecule has 0 aliphatic carbocycles. The van der Waals surface area contributed by atoms with Crippen molar-refractivity contribution in [2.75, 3.05) is 13.2 Å². The third kappa shape index (κ3) is 64.2. The average Bonchev–Trinajstić information content (AvgIpc) is 3.44. The van der Waals surface area contributed by atoms with Crippen LogP contribution in [0.3, 0.4) is 0 Å². The van der Waals surface area contributed by atoms with Gasteiger partial charge in [-0.2, -0.15) is 0 Å². The summed E-state index contributed by atoms with van der Waals surface area (Å²) in [6.07, 6.45) is 84.1. The molecule has 0 aromatic rings. The van der Waals surface area contributed by atoms with Crippen LogP contribution >= 0.6 is 0 Å². The molecule has 6 nitrogen and oxygen atoms in total. The van der Waals surface area contributed by atoms with Gasteiger partial charge in [-0.15, -0.1) is 0 Å². The summed E-state index contributed by atoms with van der Waals surface area (Å²) in [6.45, 7) is 6.65. The van der Waals surface area contributed by atoms with E-state index >= 15 is 0 Å². The van der Waals surface area contributed by atoms with Crippen molar-refractivity contribution in [3.63, 3.8) is 0 Å². The molecule has 0 aliphatic rings. The van der Waals surface area contributed by atoms with Crippen LogP contribution in [0.2, 0.25) is 0 Å². The lowest BCUT2D eigenvalue weighted by Gasteiger charge is -2.18.